The Morgan fingerprint density at radius 1 is 0.667 bits per heavy atom. The fourth-order valence-electron chi connectivity index (χ4n) is 4.13. The van der Waals surface area contributed by atoms with E-state index in [4.69, 9.17) is 0 Å². The van der Waals surface area contributed by atoms with Gasteiger partial charge in [-0.1, -0.05) is 48.5 Å². The molecular formula is C25H22N2. The smallest absolute Gasteiger partial charge is 0.0492 e. The maximum atomic E-state index is 2.39. The van der Waals surface area contributed by atoms with Gasteiger partial charge in [-0.2, -0.15) is 0 Å². The molecule has 5 rings (SSSR count). The second-order valence-electron chi connectivity index (χ2n) is 7.05. The van der Waals surface area contributed by atoms with Gasteiger partial charge >= 0.3 is 0 Å². The normalized spacial score (nSPS) is 11.5. The first kappa shape index (κ1) is 16.0. The summed E-state index contributed by atoms with van der Waals surface area (Å²) < 4.78 is 2.39. The summed E-state index contributed by atoms with van der Waals surface area (Å²) in [6, 6.07) is 30.6. The lowest BCUT2D eigenvalue weighted by molar-refractivity contribution is 0.827. The third-order valence-electron chi connectivity index (χ3n) is 5.58. The van der Waals surface area contributed by atoms with Gasteiger partial charge in [0, 0.05) is 46.8 Å². The number of aromatic nitrogens is 1. The first-order valence-corrected chi connectivity index (χ1v) is 9.50. The van der Waals surface area contributed by atoms with Crippen molar-refractivity contribution >= 4 is 44.0 Å². The summed E-state index contributed by atoms with van der Waals surface area (Å²) >= 11 is 0. The molecule has 27 heavy (non-hydrogen) atoms. The average Bonchev–Trinajstić information content (AvgIpc) is 3.06. The van der Waals surface area contributed by atoms with Crippen molar-refractivity contribution in [2.24, 2.45) is 0 Å². The van der Waals surface area contributed by atoms with Crippen LogP contribution in [0.3, 0.4) is 0 Å². The molecule has 132 valence electrons. The van der Waals surface area contributed by atoms with E-state index >= 15 is 0 Å². The maximum absolute atomic E-state index is 2.39. The van der Waals surface area contributed by atoms with Gasteiger partial charge in [-0.05, 0) is 54.1 Å². The molecule has 0 unspecified atom stereocenters. The molecule has 0 spiro atoms. The molecule has 0 aliphatic carbocycles. The summed E-state index contributed by atoms with van der Waals surface area (Å²) in [5.41, 5.74) is 5.01. The molecule has 0 atom stereocenters. The molecule has 4 aromatic carbocycles. The Morgan fingerprint density at radius 2 is 1.33 bits per heavy atom. The number of nitrogens with zero attached hydrogens (tertiary/aromatic N) is 2. The molecule has 0 radical (unpaired) electrons. The highest BCUT2D eigenvalue weighted by atomic mass is 15.1. The van der Waals surface area contributed by atoms with Crippen LogP contribution in [0.2, 0.25) is 0 Å². The predicted molar refractivity (Wildman–Crippen MR) is 117 cm³/mol. The molecule has 0 aliphatic heterocycles. The number of hydrogen-bond donors (Lipinski definition) is 0. The molecular weight excluding hydrogens is 328 g/mol. The Balaban J connectivity index is 1.66. The average molecular weight is 350 g/mol. The minimum Gasteiger partial charge on any atom is -0.345 e. The van der Waals surface area contributed by atoms with Crippen molar-refractivity contribution in [2.75, 3.05) is 11.9 Å². The van der Waals surface area contributed by atoms with Crippen LogP contribution >= 0.6 is 0 Å². The van der Waals surface area contributed by atoms with Crippen LogP contribution in [0.4, 0.5) is 11.4 Å². The number of rotatable bonds is 3. The van der Waals surface area contributed by atoms with E-state index in [0.29, 0.717) is 0 Å². The molecule has 0 saturated heterocycles. The summed E-state index contributed by atoms with van der Waals surface area (Å²) in [4.78, 5) is 2.27. The van der Waals surface area contributed by atoms with Gasteiger partial charge in [0.2, 0.25) is 0 Å². The van der Waals surface area contributed by atoms with E-state index in [0.717, 1.165) is 6.54 Å². The van der Waals surface area contributed by atoms with Gasteiger partial charge in [0.1, 0.15) is 0 Å². The Hall–Kier alpha value is -3.26. The molecule has 0 N–H and O–H groups in total. The van der Waals surface area contributed by atoms with Crippen LogP contribution in [0, 0.1) is 0 Å². The molecule has 0 saturated carbocycles. The molecule has 1 aromatic heterocycles. The fraction of sp³-hybridized carbons (Fsp3) is 0.120. The second kappa shape index (κ2) is 6.17. The number of aryl methyl sites for hydroxylation is 1. The molecule has 0 bridgehead atoms. The van der Waals surface area contributed by atoms with Gasteiger partial charge in [-0.25, -0.2) is 0 Å². The topological polar surface area (TPSA) is 8.17 Å². The lowest BCUT2D eigenvalue weighted by Gasteiger charge is -2.20. The van der Waals surface area contributed by atoms with Crippen molar-refractivity contribution in [2.45, 2.75) is 13.5 Å². The molecule has 1 heterocycles. The van der Waals surface area contributed by atoms with Crippen molar-refractivity contribution in [1.29, 1.82) is 0 Å². The third-order valence-corrected chi connectivity index (χ3v) is 5.58. The summed E-state index contributed by atoms with van der Waals surface area (Å²) in [6.45, 7) is 3.19. The van der Waals surface area contributed by atoms with Gasteiger partial charge in [-0.3, -0.25) is 0 Å². The zero-order valence-electron chi connectivity index (χ0n) is 15.7. The molecule has 0 aliphatic rings. The van der Waals surface area contributed by atoms with Gasteiger partial charge in [-0.15, -0.1) is 0 Å². The Kier molecular flexibility index (Phi) is 3.64. The van der Waals surface area contributed by atoms with Crippen molar-refractivity contribution in [3.05, 3.63) is 84.9 Å². The Morgan fingerprint density at radius 3 is 2.19 bits per heavy atom. The van der Waals surface area contributed by atoms with Crippen LogP contribution in [0.15, 0.2) is 84.9 Å². The minimum atomic E-state index is 0.976. The van der Waals surface area contributed by atoms with Gasteiger partial charge < -0.3 is 9.47 Å². The van der Waals surface area contributed by atoms with Gasteiger partial charge in [0.15, 0.2) is 0 Å². The lowest BCUT2D eigenvalue weighted by atomic mass is 10.1. The SMILES string of the molecule is CCn1c2ccccc2c2cc(N(C)c3ccc4ccccc4c3)ccc21. The van der Waals surface area contributed by atoms with E-state index in [2.05, 4.69) is 108 Å². The highest BCUT2D eigenvalue weighted by Gasteiger charge is 2.12. The molecule has 2 nitrogen and oxygen atoms in total. The number of para-hydroxylation sites is 1. The monoisotopic (exact) mass is 350 g/mol. The molecule has 5 aromatic rings. The van der Waals surface area contributed by atoms with E-state index < -0.39 is 0 Å². The van der Waals surface area contributed by atoms with Crippen molar-refractivity contribution in [3.63, 3.8) is 0 Å². The van der Waals surface area contributed by atoms with Crippen molar-refractivity contribution in [3.8, 4) is 0 Å². The van der Waals surface area contributed by atoms with E-state index in [1.165, 1.54) is 44.0 Å². The zero-order chi connectivity index (χ0) is 18.4. The summed E-state index contributed by atoms with van der Waals surface area (Å²) in [5.74, 6) is 0. The van der Waals surface area contributed by atoms with Crippen molar-refractivity contribution < 1.29 is 0 Å². The van der Waals surface area contributed by atoms with Crippen LogP contribution in [0.1, 0.15) is 6.92 Å². The standard InChI is InChI=1S/C25H22N2/c1-3-27-24-11-7-6-10-22(24)23-17-21(14-15-25(23)27)26(2)20-13-12-18-8-4-5-9-19(18)16-20/h4-17H,3H2,1-2H3. The highest BCUT2D eigenvalue weighted by molar-refractivity contribution is 6.09. The molecule has 2 heteroatoms. The van der Waals surface area contributed by atoms with E-state index in [9.17, 15) is 0 Å². The molecule has 0 amide bonds. The first-order valence-electron chi connectivity index (χ1n) is 9.50. The minimum absolute atomic E-state index is 0.976. The van der Waals surface area contributed by atoms with E-state index in [1.54, 1.807) is 0 Å². The number of benzene rings is 4. The van der Waals surface area contributed by atoms with E-state index in [-0.39, 0.29) is 0 Å². The number of hydrogen-bond acceptors (Lipinski definition) is 1. The summed E-state index contributed by atoms with van der Waals surface area (Å²) in [5, 5.41) is 5.18. The Bertz CT molecular complexity index is 1280. The first-order chi connectivity index (χ1) is 13.3. The quantitative estimate of drug-likeness (QED) is 0.350. The zero-order valence-corrected chi connectivity index (χ0v) is 15.7. The highest BCUT2D eigenvalue weighted by Crippen LogP contribution is 2.34. The largest absolute Gasteiger partial charge is 0.345 e. The fourth-order valence-corrected chi connectivity index (χ4v) is 4.13. The lowest BCUT2D eigenvalue weighted by Crippen LogP contribution is -2.09. The van der Waals surface area contributed by atoms with Crippen LogP contribution in [-0.4, -0.2) is 11.6 Å². The number of fused-ring (bicyclic) bond motifs is 4. The summed E-state index contributed by atoms with van der Waals surface area (Å²) in [6.07, 6.45) is 0. The van der Waals surface area contributed by atoms with Crippen molar-refractivity contribution in [1.82, 2.24) is 4.57 Å². The van der Waals surface area contributed by atoms with Gasteiger partial charge in [0.05, 0.1) is 0 Å². The summed E-state index contributed by atoms with van der Waals surface area (Å²) in [7, 11) is 2.14. The third kappa shape index (κ3) is 2.48. The van der Waals surface area contributed by atoms with Crippen LogP contribution in [0.5, 0.6) is 0 Å². The van der Waals surface area contributed by atoms with E-state index in [1.807, 2.05) is 0 Å². The molecule has 0 fully saturated rings. The van der Waals surface area contributed by atoms with Crippen LogP contribution in [-0.2, 0) is 6.54 Å². The van der Waals surface area contributed by atoms with Gasteiger partial charge in [0.25, 0.3) is 0 Å². The maximum Gasteiger partial charge on any atom is 0.0492 e. The van der Waals surface area contributed by atoms with Crippen LogP contribution in [0.25, 0.3) is 32.6 Å². The number of anilines is 2. The second-order valence-corrected chi connectivity index (χ2v) is 7.05. The predicted octanol–water partition coefficient (Wildman–Crippen LogP) is 6.74. The Labute approximate surface area is 159 Å². The van der Waals surface area contributed by atoms with Crippen LogP contribution < -0.4 is 4.90 Å².